The summed E-state index contributed by atoms with van der Waals surface area (Å²) >= 11 is 0. The van der Waals surface area contributed by atoms with Crippen molar-refractivity contribution < 1.29 is 9.21 Å². The number of benzene rings is 3. The van der Waals surface area contributed by atoms with Gasteiger partial charge in [0, 0.05) is 31.9 Å². The maximum absolute atomic E-state index is 13.1. The Kier molecular flexibility index (Phi) is 5.17. The van der Waals surface area contributed by atoms with E-state index in [1.54, 1.807) is 0 Å². The van der Waals surface area contributed by atoms with E-state index in [1.807, 2.05) is 56.3 Å². The molecular weight excluding hydrogens is 398 g/mol. The van der Waals surface area contributed by atoms with Crippen LogP contribution in [0.4, 0.5) is 5.69 Å². The van der Waals surface area contributed by atoms with E-state index in [2.05, 4.69) is 41.3 Å². The molecule has 1 aliphatic heterocycles. The summed E-state index contributed by atoms with van der Waals surface area (Å²) in [5.41, 5.74) is 6.83. The van der Waals surface area contributed by atoms with Crippen molar-refractivity contribution in [2.24, 2.45) is 0 Å². The number of likely N-dealkylation sites (tertiary alicyclic amines) is 1. The van der Waals surface area contributed by atoms with Gasteiger partial charge in [0.25, 0.3) is 5.91 Å². The number of carbonyl (C=O) groups is 1. The third-order valence-corrected chi connectivity index (χ3v) is 6.22. The van der Waals surface area contributed by atoms with E-state index >= 15 is 0 Å². The van der Waals surface area contributed by atoms with Gasteiger partial charge in [0.1, 0.15) is 11.6 Å². The maximum Gasteiger partial charge on any atom is 0.254 e. The zero-order chi connectivity index (χ0) is 22.2. The summed E-state index contributed by atoms with van der Waals surface area (Å²) in [5.74, 6) is 0.662. The van der Waals surface area contributed by atoms with Crippen LogP contribution in [0.2, 0.25) is 0 Å². The van der Waals surface area contributed by atoms with Gasteiger partial charge in [-0.25, -0.2) is 4.98 Å². The summed E-state index contributed by atoms with van der Waals surface area (Å²) in [4.78, 5) is 21.9. The first kappa shape index (κ1) is 20.3. The maximum atomic E-state index is 13.1. The van der Waals surface area contributed by atoms with Crippen molar-refractivity contribution in [3.63, 3.8) is 0 Å². The van der Waals surface area contributed by atoms with Crippen LogP contribution in [0.3, 0.4) is 0 Å². The predicted octanol–water partition coefficient (Wildman–Crippen LogP) is 5.85. The van der Waals surface area contributed by atoms with E-state index in [1.165, 1.54) is 0 Å². The Morgan fingerprint density at radius 1 is 1.00 bits per heavy atom. The lowest BCUT2D eigenvalue weighted by molar-refractivity contribution is 0.0717. The van der Waals surface area contributed by atoms with Crippen molar-refractivity contribution in [1.82, 2.24) is 9.88 Å². The highest BCUT2D eigenvalue weighted by atomic mass is 16.3. The molecule has 0 spiro atoms. The molecule has 0 radical (unpaired) electrons. The van der Waals surface area contributed by atoms with Crippen molar-refractivity contribution in [1.29, 1.82) is 0 Å². The van der Waals surface area contributed by atoms with Gasteiger partial charge in [-0.15, -0.1) is 0 Å². The zero-order valence-electron chi connectivity index (χ0n) is 18.7. The zero-order valence-corrected chi connectivity index (χ0v) is 18.7. The number of carbonyl (C=O) groups excluding carboxylic acids is 1. The lowest BCUT2D eigenvalue weighted by Crippen LogP contribution is -2.30. The van der Waals surface area contributed by atoms with Crippen LogP contribution in [0.5, 0.6) is 0 Å². The smallest absolute Gasteiger partial charge is 0.254 e. The van der Waals surface area contributed by atoms with Gasteiger partial charge >= 0.3 is 0 Å². The first-order chi connectivity index (χ1) is 15.5. The molecule has 3 aromatic carbocycles. The lowest BCUT2D eigenvalue weighted by atomic mass is 10.0. The molecule has 1 fully saturated rings. The highest BCUT2D eigenvalue weighted by molar-refractivity contribution is 5.94. The third kappa shape index (κ3) is 3.75. The van der Waals surface area contributed by atoms with Crippen LogP contribution in [0.15, 0.2) is 71.1 Å². The first-order valence-electron chi connectivity index (χ1n) is 11.1. The third-order valence-electron chi connectivity index (χ3n) is 6.22. The molecule has 5 heteroatoms. The van der Waals surface area contributed by atoms with Gasteiger partial charge in [-0.05, 0) is 67.3 Å². The normalized spacial score (nSPS) is 16.0. The molecular formula is C27H27N3O2. The van der Waals surface area contributed by atoms with Gasteiger partial charge in [-0.1, -0.05) is 35.9 Å². The van der Waals surface area contributed by atoms with Crippen LogP contribution in [0.25, 0.3) is 22.2 Å². The van der Waals surface area contributed by atoms with Crippen LogP contribution in [-0.4, -0.2) is 36.4 Å². The second kappa shape index (κ2) is 8.15. The van der Waals surface area contributed by atoms with Crippen molar-refractivity contribution >= 4 is 22.7 Å². The minimum atomic E-state index is -0.126. The van der Waals surface area contributed by atoms with Gasteiger partial charge in [-0.3, -0.25) is 4.79 Å². The first-order valence-corrected chi connectivity index (χ1v) is 11.1. The fraction of sp³-hybridized carbons (Fsp3) is 0.259. The quantitative estimate of drug-likeness (QED) is 0.412. The van der Waals surface area contributed by atoms with Crippen LogP contribution in [-0.2, 0) is 0 Å². The number of anilines is 1. The second-order valence-corrected chi connectivity index (χ2v) is 8.70. The summed E-state index contributed by atoms with van der Waals surface area (Å²) in [6.07, 6.45) is 1.81. The Hall–Kier alpha value is -3.60. The van der Waals surface area contributed by atoms with Crippen LogP contribution < -0.4 is 4.90 Å². The molecule has 1 aliphatic rings. The van der Waals surface area contributed by atoms with E-state index in [4.69, 9.17) is 9.40 Å². The van der Waals surface area contributed by atoms with Crippen LogP contribution in [0.1, 0.15) is 40.7 Å². The number of aryl methyl sites for hydroxylation is 1. The van der Waals surface area contributed by atoms with Crippen molar-refractivity contribution in [2.45, 2.75) is 25.8 Å². The van der Waals surface area contributed by atoms with Gasteiger partial charge in [0.05, 0.1) is 0 Å². The van der Waals surface area contributed by atoms with Gasteiger partial charge < -0.3 is 14.2 Å². The van der Waals surface area contributed by atoms with Gasteiger partial charge in [0.2, 0.25) is 5.89 Å². The average molecular weight is 426 g/mol. The fourth-order valence-electron chi connectivity index (χ4n) is 4.35. The molecule has 2 heterocycles. The summed E-state index contributed by atoms with van der Waals surface area (Å²) in [5, 5.41) is 0. The van der Waals surface area contributed by atoms with Gasteiger partial charge in [0.15, 0.2) is 5.58 Å². The summed E-state index contributed by atoms with van der Waals surface area (Å²) in [6, 6.07) is 22.2. The SMILES string of the molecule is Cc1ccc(C(=O)N2CCCC2c2nc3cc(-c4ccc(N(C)C)cc4)ccc3o2)cc1. The monoisotopic (exact) mass is 425 g/mol. The number of fused-ring (bicyclic) bond motifs is 1. The number of amides is 1. The van der Waals surface area contributed by atoms with E-state index in [9.17, 15) is 4.79 Å². The number of aromatic nitrogens is 1. The second-order valence-electron chi connectivity index (χ2n) is 8.70. The van der Waals surface area contributed by atoms with Gasteiger partial charge in [-0.2, -0.15) is 0 Å². The molecule has 1 aromatic heterocycles. The molecule has 1 amide bonds. The highest BCUT2D eigenvalue weighted by Crippen LogP contribution is 2.35. The topological polar surface area (TPSA) is 49.6 Å². The molecule has 1 atom stereocenters. The summed E-state index contributed by atoms with van der Waals surface area (Å²) < 4.78 is 6.12. The predicted molar refractivity (Wildman–Crippen MR) is 128 cm³/mol. The van der Waals surface area contributed by atoms with Crippen LogP contribution in [0, 0.1) is 6.92 Å². The number of hydrogen-bond donors (Lipinski definition) is 0. The molecule has 5 nitrogen and oxygen atoms in total. The number of oxazole rings is 1. The molecule has 1 unspecified atom stereocenters. The molecule has 1 saturated heterocycles. The largest absolute Gasteiger partial charge is 0.438 e. The standard InChI is InChI=1S/C27H27N3O2/c1-18-6-8-20(9-7-18)27(31)30-16-4-5-24(30)26-28-23-17-21(12-15-25(23)32-26)19-10-13-22(14-11-19)29(2)3/h6-15,17,24H,4-5,16H2,1-3H3. The highest BCUT2D eigenvalue weighted by Gasteiger charge is 2.34. The minimum Gasteiger partial charge on any atom is -0.438 e. The molecule has 32 heavy (non-hydrogen) atoms. The number of hydrogen-bond acceptors (Lipinski definition) is 4. The number of rotatable bonds is 4. The summed E-state index contributed by atoms with van der Waals surface area (Å²) in [6.45, 7) is 2.75. The van der Waals surface area contributed by atoms with E-state index in [0.29, 0.717) is 11.5 Å². The Balaban J connectivity index is 1.42. The van der Waals surface area contributed by atoms with E-state index in [0.717, 1.165) is 52.9 Å². The van der Waals surface area contributed by atoms with Crippen LogP contribution >= 0.6 is 0 Å². The minimum absolute atomic E-state index is 0.0384. The fourth-order valence-corrected chi connectivity index (χ4v) is 4.35. The lowest BCUT2D eigenvalue weighted by Gasteiger charge is -2.22. The molecule has 0 saturated carbocycles. The van der Waals surface area contributed by atoms with Crippen molar-refractivity contribution in [3.05, 3.63) is 83.7 Å². The Morgan fingerprint density at radius 3 is 2.44 bits per heavy atom. The Labute approximate surface area is 188 Å². The molecule has 0 bridgehead atoms. The molecule has 5 rings (SSSR count). The van der Waals surface area contributed by atoms with Crippen molar-refractivity contribution in [3.8, 4) is 11.1 Å². The molecule has 0 N–H and O–H groups in total. The molecule has 4 aromatic rings. The average Bonchev–Trinajstić information content (AvgIpc) is 3.45. The molecule has 0 aliphatic carbocycles. The Bertz CT molecular complexity index is 1260. The number of nitrogens with zero attached hydrogens (tertiary/aromatic N) is 3. The summed E-state index contributed by atoms with van der Waals surface area (Å²) in [7, 11) is 4.07. The Morgan fingerprint density at radius 2 is 1.72 bits per heavy atom. The van der Waals surface area contributed by atoms with E-state index < -0.39 is 0 Å². The molecule has 162 valence electrons. The van der Waals surface area contributed by atoms with E-state index in [-0.39, 0.29) is 11.9 Å². The van der Waals surface area contributed by atoms with Crippen molar-refractivity contribution in [2.75, 3.05) is 25.5 Å².